The van der Waals surface area contributed by atoms with Gasteiger partial charge < -0.3 is 5.11 Å². The lowest BCUT2D eigenvalue weighted by Gasteiger charge is -2.70. The van der Waals surface area contributed by atoms with Crippen LogP contribution in [0.15, 0.2) is 11.6 Å². The van der Waals surface area contributed by atoms with Crippen LogP contribution < -0.4 is 0 Å². The highest BCUT2D eigenvalue weighted by Gasteiger charge is 2.66. The zero-order valence-electron chi connectivity index (χ0n) is 21.9. The molecule has 0 aromatic rings. The van der Waals surface area contributed by atoms with Gasteiger partial charge in [0.15, 0.2) is 0 Å². The molecule has 4 saturated carbocycles. The van der Waals surface area contributed by atoms with Crippen LogP contribution in [0.25, 0.3) is 0 Å². The maximum Gasteiger partial charge on any atom is 0.0594 e. The Morgan fingerprint density at radius 2 is 1.32 bits per heavy atom. The SMILES string of the molecule is CC1(C)CC[C@]2(C)CC=C3[C@](C)(CC[C@H]4[C@]5(C)CC[C@H](O)C(C)(C)[C@@H]5CC[C@@]34C)[C@@H]2C1. The summed E-state index contributed by atoms with van der Waals surface area (Å²) in [6, 6.07) is 0. The molecule has 4 fully saturated rings. The van der Waals surface area contributed by atoms with Crippen LogP contribution in [0.3, 0.4) is 0 Å². The van der Waals surface area contributed by atoms with E-state index in [-0.39, 0.29) is 11.5 Å². The highest BCUT2D eigenvalue weighted by molar-refractivity contribution is 5.34. The quantitative estimate of drug-likeness (QED) is 0.387. The fourth-order valence-corrected chi connectivity index (χ4v) is 10.8. The summed E-state index contributed by atoms with van der Waals surface area (Å²) < 4.78 is 0. The molecule has 5 rings (SSSR count). The molecule has 0 unspecified atom stereocenters. The number of aliphatic hydroxyl groups excluding tert-OH is 1. The van der Waals surface area contributed by atoms with E-state index >= 15 is 0 Å². The third-order valence-electron chi connectivity index (χ3n) is 12.7. The van der Waals surface area contributed by atoms with Gasteiger partial charge in [-0.1, -0.05) is 67.0 Å². The fraction of sp³-hybridized carbons (Fsp3) is 0.933. The van der Waals surface area contributed by atoms with Crippen LogP contribution in [0.5, 0.6) is 0 Å². The molecule has 0 saturated heterocycles. The monoisotopic (exact) mass is 426 g/mol. The second kappa shape index (κ2) is 6.43. The lowest BCUT2D eigenvalue weighted by molar-refractivity contribution is -0.184. The van der Waals surface area contributed by atoms with Crippen molar-refractivity contribution < 1.29 is 5.11 Å². The van der Waals surface area contributed by atoms with Gasteiger partial charge in [-0.05, 0) is 114 Å². The van der Waals surface area contributed by atoms with Gasteiger partial charge in [-0.2, -0.15) is 0 Å². The minimum absolute atomic E-state index is 0.0575. The normalized spacial score (nSPS) is 55.2. The van der Waals surface area contributed by atoms with E-state index in [0.29, 0.717) is 33.0 Å². The van der Waals surface area contributed by atoms with Crippen LogP contribution in [0.1, 0.15) is 120 Å². The summed E-state index contributed by atoms with van der Waals surface area (Å²) in [7, 11) is 0. The highest BCUT2D eigenvalue weighted by Crippen LogP contribution is 2.74. The first-order valence-electron chi connectivity index (χ1n) is 13.6. The lowest BCUT2D eigenvalue weighted by atomic mass is 9.35. The first kappa shape index (κ1) is 22.5. The van der Waals surface area contributed by atoms with Gasteiger partial charge in [0.2, 0.25) is 0 Å². The summed E-state index contributed by atoms with van der Waals surface area (Å²) in [6.07, 6.45) is 15.8. The van der Waals surface area contributed by atoms with Crippen molar-refractivity contribution >= 4 is 0 Å². The van der Waals surface area contributed by atoms with Crippen LogP contribution in [-0.4, -0.2) is 11.2 Å². The topological polar surface area (TPSA) is 20.2 Å². The van der Waals surface area contributed by atoms with Crippen LogP contribution in [0.2, 0.25) is 0 Å². The molecule has 0 aliphatic heterocycles. The van der Waals surface area contributed by atoms with Crippen LogP contribution in [0, 0.1) is 50.2 Å². The summed E-state index contributed by atoms with van der Waals surface area (Å²) >= 11 is 0. The van der Waals surface area contributed by atoms with E-state index in [4.69, 9.17) is 0 Å². The molecule has 0 aromatic carbocycles. The number of hydrogen-bond donors (Lipinski definition) is 1. The van der Waals surface area contributed by atoms with Gasteiger partial charge in [-0.3, -0.25) is 0 Å². The number of allylic oxidation sites excluding steroid dienone is 2. The van der Waals surface area contributed by atoms with Crippen molar-refractivity contribution in [3.05, 3.63) is 11.6 Å². The Kier molecular flexibility index (Phi) is 4.66. The molecule has 5 aliphatic carbocycles. The second-order valence-corrected chi connectivity index (χ2v) is 15.3. The van der Waals surface area contributed by atoms with E-state index in [0.717, 1.165) is 18.3 Å². The van der Waals surface area contributed by atoms with Gasteiger partial charge in [-0.15, -0.1) is 0 Å². The molecule has 0 heterocycles. The summed E-state index contributed by atoms with van der Waals surface area (Å²) in [5.41, 5.74) is 4.07. The fourth-order valence-electron chi connectivity index (χ4n) is 10.8. The lowest BCUT2D eigenvalue weighted by Crippen LogP contribution is -2.63. The van der Waals surface area contributed by atoms with E-state index in [1.54, 1.807) is 0 Å². The number of fused-ring (bicyclic) bond motifs is 7. The zero-order chi connectivity index (χ0) is 22.7. The predicted molar refractivity (Wildman–Crippen MR) is 131 cm³/mol. The van der Waals surface area contributed by atoms with Gasteiger partial charge in [0.1, 0.15) is 0 Å². The van der Waals surface area contributed by atoms with E-state index in [2.05, 4.69) is 61.5 Å². The van der Waals surface area contributed by atoms with Gasteiger partial charge in [0, 0.05) is 0 Å². The van der Waals surface area contributed by atoms with Crippen LogP contribution in [-0.2, 0) is 0 Å². The van der Waals surface area contributed by atoms with Crippen LogP contribution in [0.4, 0.5) is 0 Å². The molecular formula is C30H50O. The summed E-state index contributed by atoms with van der Waals surface area (Å²) in [5, 5.41) is 10.9. The molecule has 0 amide bonds. The maximum atomic E-state index is 10.9. The van der Waals surface area contributed by atoms with E-state index < -0.39 is 0 Å². The third-order valence-corrected chi connectivity index (χ3v) is 12.7. The van der Waals surface area contributed by atoms with Crippen molar-refractivity contribution in [1.82, 2.24) is 0 Å². The van der Waals surface area contributed by atoms with E-state index in [1.807, 2.05) is 5.57 Å². The number of rotatable bonds is 0. The Morgan fingerprint density at radius 3 is 2.00 bits per heavy atom. The molecule has 8 atom stereocenters. The smallest absolute Gasteiger partial charge is 0.0594 e. The standard InChI is InChI=1S/C30H50O/c1-25(2)17-18-27(5)13-9-21-29(7)14-10-20-26(3,4)24(31)12-16-28(20,6)22(29)11-15-30(21,8)23(27)19-25/h9,20,22-24,31H,10-19H2,1-8H3/t20-,22-,23+,24-,27-,28+,29-,30-/m0/s1. The molecular weight excluding hydrogens is 376 g/mol. The van der Waals surface area contributed by atoms with Crippen molar-refractivity contribution in [2.45, 2.75) is 126 Å². The van der Waals surface area contributed by atoms with Gasteiger partial charge in [-0.25, -0.2) is 0 Å². The summed E-state index contributed by atoms with van der Waals surface area (Å²) in [5.74, 6) is 2.29. The second-order valence-electron chi connectivity index (χ2n) is 15.3. The van der Waals surface area contributed by atoms with Gasteiger partial charge in [0.05, 0.1) is 6.10 Å². The average Bonchev–Trinajstić information content (AvgIpc) is 2.66. The molecule has 1 N–H and O–H groups in total. The molecule has 31 heavy (non-hydrogen) atoms. The van der Waals surface area contributed by atoms with Crippen molar-refractivity contribution in [2.24, 2.45) is 50.2 Å². The molecule has 0 bridgehead atoms. The highest BCUT2D eigenvalue weighted by atomic mass is 16.3. The van der Waals surface area contributed by atoms with E-state index in [1.165, 1.54) is 57.8 Å². The Labute approximate surface area is 192 Å². The van der Waals surface area contributed by atoms with Crippen molar-refractivity contribution in [3.63, 3.8) is 0 Å². The largest absolute Gasteiger partial charge is 0.393 e. The molecule has 1 nitrogen and oxygen atoms in total. The molecule has 5 aliphatic rings. The maximum absolute atomic E-state index is 10.9. The summed E-state index contributed by atoms with van der Waals surface area (Å²) in [4.78, 5) is 0. The average molecular weight is 427 g/mol. The predicted octanol–water partition coefficient (Wildman–Crippen LogP) is 8.17. The number of hydrogen-bond acceptors (Lipinski definition) is 1. The van der Waals surface area contributed by atoms with Crippen molar-refractivity contribution in [3.8, 4) is 0 Å². The van der Waals surface area contributed by atoms with Crippen molar-refractivity contribution in [2.75, 3.05) is 0 Å². The molecule has 0 spiro atoms. The van der Waals surface area contributed by atoms with Crippen molar-refractivity contribution in [1.29, 1.82) is 0 Å². The Hall–Kier alpha value is -0.300. The zero-order valence-corrected chi connectivity index (χ0v) is 21.9. The number of aliphatic hydroxyl groups is 1. The van der Waals surface area contributed by atoms with Gasteiger partial charge in [0.25, 0.3) is 0 Å². The minimum atomic E-state index is -0.122. The van der Waals surface area contributed by atoms with Gasteiger partial charge >= 0.3 is 0 Å². The summed E-state index contributed by atoms with van der Waals surface area (Å²) in [6.45, 7) is 20.4. The Bertz CT molecular complexity index is 790. The Morgan fingerprint density at radius 1 is 0.710 bits per heavy atom. The van der Waals surface area contributed by atoms with Crippen LogP contribution >= 0.6 is 0 Å². The first-order chi connectivity index (χ1) is 14.2. The minimum Gasteiger partial charge on any atom is -0.393 e. The molecule has 0 aromatic heterocycles. The van der Waals surface area contributed by atoms with E-state index in [9.17, 15) is 5.11 Å². The molecule has 176 valence electrons. The first-order valence-corrected chi connectivity index (χ1v) is 13.6. The molecule has 1 heteroatoms. The molecule has 0 radical (unpaired) electrons. The Balaban J connectivity index is 1.56. The third kappa shape index (κ3) is 2.83.